The van der Waals surface area contributed by atoms with E-state index < -0.39 is 35.3 Å². The summed E-state index contributed by atoms with van der Waals surface area (Å²) in [5.41, 5.74) is 2.75. The maximum atomic E-state index is 13.2. The Balaban J connectivity index is 2.60. The lowest BCUT2D eigenvalue weighted by Gasteiger charge is -2.10. The largest absolute Gasteiger partial charge is 0.449 e. The van der Waals surface area contributed by atoms with Crippen molar-refractivity contribution >= 4 is 17.8 Å². The number of hydrogen-bond acceptors (Lipinski definition) is 3. The van der Waals surface area contributed by atoms with Crippen LogP contribution in [0.25, 0.3) is 0 Å². The lowest BCUT2D eigenvalue weighted by Crippen LogP contribution is -2.44. The van der Waals surface area contributed by atoms with Crippen LogP contribution >= 0.6 is 0 Å². The first-order valence-corrected chi connectivity index (χ1v) is 5.08. The first-order chi connectivity index (χ1) is 8.93. The normalized spacial score (nSPS) is 9.68. The van der Waals surface area contributed by atoms with Crippen LogP contribution in [0.3, 0.4) is 0 Å². The maximum Gasteiger partial charge on any atom is 0.426 e. The molecule has 0 aliphatic heterocycles. The lowest BCUT2D eigenvalue weighted by molar-refractivity contribution is 0.148. The highest BCUT2D eigenvalue weighted by atomic mass is 19.1. The standard InChI is InChI=1S/C10H10F3N3O3/c1-2-19-10(18)16-15-9(17)14-8-6(12)3-5(11)4-7(8)13/h3-4H,2H2,1H3,(H,16,18)(H2,14,15,17). The first kappa shape index (κ1) is 14.6. The molecule has 0 bridgehead atoms. The van der Waals surface area contributed by atoms with Gasteiger partial charge in [-0.2, -0.15) is 0 Å². The molecule has 0 aliphatic carbocycles. The first-order valence-electron chi connectivity index (χ1n) is 5.08. The third-order valence-corrected chi connectivity index (χ3v) is 1.80. The summed E-state index contributed by atoms with van der Waals surface area (Å²) in [7, 11) is 0. The van der Waals surface area contributed by atoms with E-state index in [1.807, 2.05) is 5.43 Å². The van der Waals surface area contributed by atoms with Gasteiger partial charge in [0.25, 0.3) is 0 Å². The second-order valence-corrected chi connectivity index (χ2v) is 3.17. The molecule has 0 radical (unpaired) electrons. The van der Waals surface area contributed by atoms with E-state index in [1.54, 1.807) is 17.7 Å². The number of rotatable bonds is 2. The summed E-state index contributed by atoms with van der Waals surface area (Å²) in [5, 5.41) is 1.77. The number of hydrogen-bond donors (Lipinski definition) is 3. The van der Waals surface area contributed by atoms with Crippen molar-refractivity contribution in [3.05, 3.63) is 29.6 Å². The Morgan fingerprint density at radius 2 is 1.74 bits per heavy atom. The number of halogens is 3. The van der Waals surface area contributed by atoms with Gasteiger partial charge in [0.2, 0.25) is 0 Å². The topological polar surface area (TPSA) is 79.5 Å². The summed E-state index contributed by atoms with van der Waals surface area (Å²) in [5.74, 6) is -3.70. The molecule has 6 nitrogen and oxygen atoms in total. The number of amides is 3. The molecule has 1 aromatic rings. The molecule has 19 heavy (non-hydrogen) atoms. The van der Waals surface area contributed by atoms with E-state index in [-0.39, 0.29) is 6.61 Å². The van der Waals surface area contributed by atoms with E-state index in [9.17, 15) is 22.8 Å². The second-order valence-electron chi connectivity index (χ2n) is 3.17. The maximum absolute atomic E-state index is 13.2. The van der Waals surface area contributed by atoms with Crippen LogP contribution in [0.5, 0.6) is 0 Å². The molecule has 0 atom stereocenters. The van der Waals surface area contributed by atoms with Crippen LogP contribution in [-0.4, -0.2) is 18.7 Å². The Hall–Kier alpha value is -2.45. The summed E-state index contributed by atoms with van der Waals surface area (Å²) >= 11 is 0. The van der Waals surface area contributed by atoms with E-state index in [0.717, 1.165) is 0 Å². The predicted molar refractivity (Wildman–Crippen MR) is 58.6 cm³/mol. The molecule has 0 unspecified atom stereocenters. The van der Waals surface area contributed by atoms with Gasteiger partial charge in [0.05, 0.1) is 6.61 Å². The Morgan fingerprint density at radius 3 is 2.26 bits per heavy atom. The monoisotopic (exact) mass is 277 g/mol. The fourth-order valence-electron chi connectivity index (χ4n) is 1.08. The van der Waals surface area contributed by atoms with Gasteiger partial charge in [-0.15, -0.1) is 0 Å². The van der Waals surface area contributed by atoms with E-state index in [2.05, 4.69) is 4.74 Å². The fraction of sp³-hybridized carbons (Fsp3) is 0.200. The molecule has 9 heteroatoms. The van der Waals surface area contributed by atoms with Gasteiger partial charge < -0.3 is 10.1 Å². The molecule has 0 saturated heterocycles. The number of ether oxygens (including phenoxy) is 1. The van der Waals surface area contributed by atoms with Crippen LogP contribution < -0.4 is 16.2 Å². The quantitative estimate of drug-likeness (QED) is 0.722. The van der Waals surface area contributed by atoms with Gasteiger partial charge in [-0.1, -0.05) is 0 Å². The molecule has 1 aromatic carbocycles. The number of benzene rings is 1. The van der Waals surface area contributed by atoms with Crippen molar-refractivity contribution in [2.45, 2.75) is 6.92 Å². The molecule has 104 valence electrons. The molecule has 3 N–H and O–H groups in total. The highest BCUT2D eigenvalue weighted by Gasteiger charge is 2.14. The van der Waals surface area contributed by atoms with E-state index in [1.165, 1.54) is 0 Å². The molecule has 0 heterocycles. The summed E-state index contributed by atoms with van der Waals surface area (Å²) in [6.45, 7) is 1.62. The summed E-state index contributed by atoms with van der Waals surface area (Å²) in [6, 6.07) is -0.327. The minimum Gasteiger partial charge on any atom is -0.449 e. The average Bonchev–Trinajstić information content (AvgIpc) is 2.31. The molecule has 0 saturated carbocycles. The lowest BCUT2D eigenvalue weighted by atomic mass is 10.3. The number of nitrogens with one attached hydrogen (secondary N) is 3. The highest BCUT2D eigenvalue weighted by molar-refractivity contribution is 5.90. The van der Waals surface area contributed by atoms with Gasteiger partial charge in [0, 0.05) is 12.1 Å². The molecular formula is C10H10F3N3O3. The minimum absolute atomic E-state index is 0.0797. The van der Waals surface area contributed by atoms with Crippen molar-refractivity contribution in [3.8, 4) is 0 Å². The molecule has 0 spiro atoms. The average molecular weight is 277 g/mol. The molecule has 1 rings (SSSR count). The number of hydrazine groups is 1. The third kappa shape index (κ3) is 4.37. The molecular weight excluding hydrogens is 267 g/mol. The van der Waals surface area contributed by atoms with E-state index in [4.69, 9.17) is 0 Å². The van der Waals surface area contributed by atoms with E-state index in [0.29, 0.717) is 12.1 Å². The highest BCUT2D eigenvalue weighted by Crippen LogP contribution is 2.19. The van der Waals surface area contributed by atoms with Crippen LogP contribution in [0, 0.1) is 17.5 Å². The van der Waals surface area contributed by atoms with Crippen LogP contribution in [-0.2, 0) is 4.74 Å². The number of carbonyl (C=O) groups is 2. The Labute approximate surface area is 105 Å². The van der Waals surface area contributed by atoms with Gasteiger partial charge in [-0.25, -0.2) is 33.6 Å². The smallest absolute Gasteiger partial charge is 0.426 e. The zero-order valence-corrected chi connectivity index (χ0v) is 9.72. The zero-order chi connectivity index (χ0) is 14.4. The summed E-state index contributed by atoms with van der Waals surface area (Å²) < 4.78 is 43.3. The summed E-state index contributed by atoms with van der Waals surface area (Å²) in [4.78, 5) is 22.0. The number of carbonyl (C=O) groups excluding carboxylic acids is 2. The van der Waals surface area contributed by atoms with Crippen LogP contribution in [0.1, 0.15) is 6.92 Å². The number of anilines is 1. The fourth-order valence-corrected chi connectivity index (χ4v) is 1.08. The molecule has 0 fully saturated rings. The summed E-state index contributed by atoms with van der Waals surface area (Å²) in [6.07, 6.45) is -0.947. The molecule has 0 aliphatic rings. The van der Waals surface area contributed by atoms with Crippen molar-refractivity contribution < 1.29 is 27.5 Å². The van der Waals surface area contributed by atoms with Crippen LogP contribution in [0.4, 0.5) is 28.4 Å². The Bertz CT molecular complexity index is 473. The van der Waals surface area contributed by atoms with Gasteiger partial charge in [0.1, 0.15) is 11.5 Å². The molecule has 0 aromatic heterocycles. The predicted octanol–water partition coefficient (Wildman–Crippen LogP) is 1.89. The van der Waals surface area contributed by atoms with Crippen molar-refractivity contribution in [2.24, 2.45) is 0 Å². The zero-order valence-electron chi connectivity index (χ0n) is 9.72. The van der Waals surface area contributed by atoms with Gasteiger partial charge in [-0.3, -0.25) is 0 Å². The minimum atomic E-state index is -1.29. The third-order valence-electron chi connectivity index (χ3n) is 1.80. The number of urea groups is 1. The van der Waals surface area contributed by atoms with Crippen molar-refractivity contribution in [1.29, 1.82) is 0 Å². The van der Waals surface area contributed by atoms with Gasteiger partial charge in [-0.05, 0) is 6.92 Å². The Morgan fingerprint density at radius 1 is 1.16 bits per heavy atom. The van der Waals surface area contributed by atoms with Crippen LogP contribution in [0.2, 0.25) is 0 Å². The van der Waals surface area contributed by atoms with Crippen molar-refractivity contribution in [2.75, 3.05) is 11.9 Å². The van der Waals surface area contributed by atoms with Crippen LogP contribution in [0.15, 0.2) is 12.1 Å². The second kappa shape index (κ2) is 6.47. The SMILES string of the molecule is CCOC(=O)NNC(=O)Nc1c(F)cc(F)cc1F. The van der Waals surface area contributed by atoms with E-state index >= 15 is 0 Å². The Kier molecular flexibility index (Phi) is 4.98. The van der Waals surface area contributed by atoms with Crippen molar-refractivity contribution in [3.63, 3.8) is 0 Å². The molecule has 3 amide bonds. The van der Waals surface area contributed by atoms with Gasteiger partial charge in [0.15, 0.2) is 11.6 Å². The van der Waals surface area contributed by atoms with Crippen molar-refractivity contribution in [1.82, 2.24) is 10.9 Å². The van der Waals surface area contributed by atoms with Gasteiger partial charge >= 0.3 is 12.1 Å².